The fourth-order valence-electron chi connectivity index (χ4n) is 2.84. The fourth-order valence-corrected chi connectivity index (χ4v) is 2.96. The zero-order valence-corrected chi connectivity index (χ0v) is 16.4. The summed E-state index contributed by atoms with van der Waals surface area (Å²) in [5.74, 6) is 0.690. The maximum Gasteiger partial charge on any atom is 0.310 e. The number of halogens is 1. The molecule has 1 aliphatic rings. The highest BCUT2D eigenvalue weighted by molar-refractivity contribution is 6.30. The molecule has 0 spiro atoms. The van der Waals surface area contributed by atoms with E-state index in [2.05, 4.69) is 0 Å². The van der Waals surface area contributed by atoms with Crippen LogP contribution in [0.1, 0.15) is 18.1 Å². The second-order valence-electron chi connectivity index (χ2n) is 6.35. The van der Waals surface area contributed by atoms with Crippen LogP contribution in [0.15, 0.2) is 42.5 Å². The molecule has 6 nitrogen and oxygen atoms in total. The normalized spacial score (nSPS) is 12.4. The van der Waals surface area contributed by atoms with Crippen LogP contribution in [-0.4, -0.2) is 43.1 Å². The van der Waals surface area contributed by atoms with Crippen LogP contribution in [0.2, 0.25) is 5.02 Å². The summed E-state index contributed by atoms with van der Waals surface area (Å²) >= 11 is 5.83. The van der Waals surface area contributed by atoms with Crippen molar-refractivity contribution in [2.45, 2.75) is 19.9 Å². The smallest absolute Gasteiger partial charge is 0.310 e. The van der Waals surface area contributed by atoms with Gasteiger partial charge in [-0.2, -0.15) is 0 Å². The van der Waals surface area contributed by atoms with E-state index in [9.17, 15) is 9.59 Å². The molecule has 28 heavy (non-hydrogen) atoms. The summed E-state index contributed by atoms with van der Waals surface area (Å²) in [6.07, 6.45) is 0.0960. The van der Waals surface area contributed by atoms with Crippen LogP contribution in [0.5, 0.6) is 11.5 Å². The first-order valence-electron chi connectivity index (χ1n) is 9.11. The van der Waals surface area contributed by atoms with Crippen LogP contribution in [0.4, 0.5) is 0 Å². The van der Waals surface area contributed by atoms with Crippen LogP contribution in [-0.2, 0) is 27.3 Å². The Morgan fingerprint density at radius 3 is 2.43 bits per heavy atom. The van der Waals surface area contributed by atoms with Gasteiger partial charge in [-0.25, -0.2) is 0 Å². The van der Waals surface area contributed by atoms with Gasteiger partial charge in [-0.3, -0.25) is 9.59 Å². The number of rotatable bonds is 7. The molecule has 0 bridgehead atoms. The van der Waals surface area contributed by atoms with Gasteiger partial charge in [-0.05, 0) is 42.3 Å². The topological polar surface area (TPSA) is 65.1 Å². The molecule has 0 N–H and O–H groups in total. The third kappa shape index (κ3) is 5.39. The van der Waals surface area contributed by atoms with E-state index in [4.69, 9.17) is 25.8 Å². The van der Waals surface area contributed by atoms with Gasteiger partial charge in [0, 0.05) is 18.1 Å². The van der Waals surface area contributed by atoms with Crippen molar-refractivity contribution in [3.05, 3.63) is 58.6 Å². The third-order valence-electron chi connectivity index (χ3n) is 4.33. The summed E-state index contributed by atoms with van der Waals surface area (Å²) in [5, 5.41) is 0.602. The van der Waals surface area contributed by atoms with Crippen molar-refractivity contribution < 1.29 is 23.8 Å². The minimum atomic E-state index is -0.453. The second-order valence-corrected chi connectivity index (χ2v) is 6.79. The van der Waals surface area contributed by atoms with E-state index in [1.54, 1.807) is 29.2 Å². The van der Waals surface area contributed by atoms with E-state index < -0.39 is 5.97 Å². The van der Waals surface area contributed by atoms with Crippen LogP contribution >= 0.6 is 11.6 Å². The molecule has 3 rings (SSSR count). The Bertz CT molecular complexity index is 837. The number of carbonyl (C=O) groups is 2. The first kappa shape index (κ1) is 20.0. The number of amides is 1. The Morgan fingerprint density at radius 1 is 1.04 bits per heavy atom. The number of ether oxygens (including phenoxy) is 3. The molecule has 0 aromatic heterocycles. The van der Waals surface area contributed by atoms with E-state index in [0.717, 1.165) is 11.1 Å². The lowest BCUT2D eigenvalue weighted by atomic mass is 10.1. The average molecular weight is 404 g/mol. The molecule has 0 radical (unpaired) electrons. The van der Waals surface area contributed by atoms with E-state index in [1.165, 1.54) is 0 Å². The highest BCUT2D eigenvalue weighted by atomic mass is 35.5. The molecular formula is C21H22ClNO5. The van der Waals surface area contributed by atoms with E-state index in [0.29, 0.717) is 42.8 Å². The summed E-state index contributed by atoms with van der Waals surface area (Å²) < 4.78 is 16.2. The first-order valence-corrected chi connectivity index (χ1v) is 9.49. The quantitative estimate of drug-likeness (QED) is 0.664. The lowest BCUT2D eigenvalue weighted by Gasteiger charge is -2.23. The van der Waals surface area contributed by atoms with Gasteiger partial charge in [0.15, 0.2) is 18.1 Å². The molecule has 1 amide bonds. The second kappa shape index (κ2) is 9.46. The minimum absolute atomic E-state index is 0.0960. The standard InChI is InChI=1S/C21H22ClNO5/c1-2-23(13-16-5-8-18-19(11-16)27-10-9-26-18)20(24)14-28-21(25)12-15-3-6-17(22)7-4-15/h3-8,11H,2,9-10,12-14H2,1H3. The van der Waals surface area contributed by atoms with Crippen molar-refractivity contribution >= 4 is 23.5 Å². The largest absolute Gasteiger partial charge is 0.486 e. The molecule has 2 aromatic rings. The molecule has 0 saturated carbocycles. The lowest BCUT2D eigenvalue weighted by Crippen LogP contribution is -2.34. The van der Waals surface area contributed by atoms with Crippen LogP contribution in [0, 0.1) is 0 Å². The molecule has 1 heterocycles. The number of esters is 1. The zero-order valence-electron chi connectivity index (χ0n) is 15.7. The lowest BCUT2D eigenvalue weighted by molar-refractivity contribution is -0.151. The number of benzene rings is 2. The SMILES string of the molecule is CCN(Cc1ccc2c(c1)OCCO2)C(=O)COC(=O)Cc1ccc(Cl)cc1. The maximum atomic E-state index is 12.4. The molecule has 0 saturated heterocycles. The summed E-state index contributed by atoms with van der Waals surface area (Å²) in [7, 11) is 0. The van der Waals surface area contributed by atoms with E-state index in [-0.39, 0.29) is 18.9 Å². The van der Waals surface area contributed by atoms with Crippen molar-refractivity contribution in [2.24, 2.45) is 0 Å². The molecule has 148 valence electrons. The Hall–Kier alpha value is -2.73. The molecule has 0 atom stereocenters. The minimum Gasteiger partial charge on any atom is -0.486 e. The predicted octanol–water partition coefficient (Wildman–Crippen LogP) is 3.25. The van der Waals surface area contributed by atoms with Gasteiger partial charge in [0.25, 0.3) is 5.91 Å². The Kier molecular flexibility index (Phi) is 6.76. The first-order chi connectivity index (χ1) is 13.5. The van der Waals surface area contributed by atoms with Gasteiger partial charge in [0.2, 0.25) is 0 Å². The van der Waals surface area contributed by atoms with Crippen molar-refractivity contribution in [3.63, 3.8) is 0 Å². The fraction of sp³-hybridized carbons (Fsp3) is 0.333. The number of carbonyl (C=O) groups excluding carboxylic acids is 2. The molecule has 0 fully saturated rings. The number of hydrogen-bond acceptors (Lipinski definition) is 5. The average Bonchev–Trinajstić information content (AvgIpc) is 2.71. The van der Waals surface area contributed by atoms with Crippen molar-refractivity contribution in [3.8, 4) is 11.5 Å². The molecule has 2 aromatic carbocycles. The Morgan fingerprint density at radius 2 is 1.71 bits per heavy atom. The van der Waals surface area contributed by atoms with Crippen molar-refractivity contribution in [1.29, 1.82) is 0 Å². The van der Waals surface area contributed by atoms with Crippen LogP contribution in [0.3, 0.4) is 0 Å². The number of likely N-dealkylation sites (N-methyl/N-ethyl adjacent to an activating group) is 1. The molecule has 0 unspecified atom stereocenters. The maximum absolute atomic E-state index is 12.4. The number of nitrogens with zero attached hydrogens (tertiary/aromatic N) is 1. The monoisotopic (exact) mass is 403 g/mol. The highest BCUT2D eigenvalue weighted by Crippen LogP contribution is 2.31. The van der Waals surface area contributed by atoms with Gasteiger partial charge < -0.3 is 19.1 Å². The summed E-state index contributed by atoms with van der Waals surface area (Å²) in [6, 6.07) is 12.5. The predicted molar refractivity (Wildman–Crippen MR) is 105 cm³/mol. The molecular weight excluding hydrogens is 382 g/mol. The van der Waals surface area contributed by atoms with Crippen LogP contribution < -0.4 is 9.47 Å². The molecule has 1 aliphatic heterocycles. The summed E-state index contributed by atoms with van der Waals surface area (Å²) in [6.45, 7) is 3.54. The Balaban J connectivity index is 1.51. The highest BCUT2D eigenvalue weighted by Gasteiger charge is 2.17. The number of fused-ring (bicyclic) bond motifs is 1. The zero-order chi connectivity index (χ0) is 19.9. The Labute approximate surface area is 168 Å². The van der Waals surface area contributed by atoms with Gasteiger partial charge >= 0.3 is 5.97 Å². The number of hydrogen-bond donors (Lipinski definition) is 0. The van der Waals surface area contributed by atoms with Gasteiger partial charge in [0.1, 0.15) is 13.2 Å². The molecule has 7 heteroatoms. The van der Waals surface area contributed by atoms with Crippen molar-refractivity contribution in [2.75, 3.05) is 26.4 Å². The summed E-state index contributed by atoms with van der Waals surface area (Å²) in [4.78, 5) is 26.0. The van der Waals surface area contributed by atoms with Gasteiger partial charge in [-0.1, -0.05) is 29.8 Å². The van der Waals surface area contributed by atoms with Gasteiger partial charge in [0.05, 0.1) is 6.42 Å². The van der Waals surface area contributed by atoms with E-state index in [1.807, 2.05) is 25.1 Å². The molecule has 0 aliphatic carbocycles. The summed E-state index contributed by atoms with van der Waals surface area (Å²) in [5.41, 5.74) is 1.71. The van der Waals surface area contributed by atoms with Crippen molar-refractivity contribution in [1.82, 2.24) is 4.90 Å². The van der Waals surface area contributed by atoms with E-state index >= 15 is 0 Å². The third-order valence-corrected chi connectivity index (χ3v) is 4.58. The van der Waals surface area contributed by atoms with Crippen LogP contribution in [0.25, 0.3) is 0 Å². The van der Waals surface area contributed by atoms with Gasteiger partial charge in [-0.15, -0.1) is 0 Å².